The summed E-state index contributed by atoms with van der Waals surface area (Å²) in [6, 6.07) is 12.7. The SMILES string of the molecule is FC(F)(F)c1ccc(-c2ccccc2-c2cn[nH]c2)cc1. The molecule has 106 valence electrons. The van der Waals surface area contributed by atoms with Crippen LogP contribution in [-0.4, -0.2) is 10.2 Å². The highest BCUT2D eigenvalue weighted by Gasteiger charge is 2.30. The number of nitrogens with zero attached hydrogens (tertiary/aromatic N) is 1. The van der Waals surface area contributed by atoms with Crippen LogP contribution in [0.4, 0.5) is 13.2 Å². The zero-order chi connectivity index (χ0) is 14.9. The molecule has 0 radical (unpaired) electrons. The average molecular weight is 288 g/mol. The van der Waals surface area contributed by atoms with Gasteiger partial charge in [0.15, 0.2) is 0 Å². The molecular weight excluding hydrogens is 277 g/mol. The van der Waals surface area contributed by atoms with E-state index in [1.165, 1.54) is 12.1 Å². The zero-order valence-electron chi connectivity index (χ0n) is 10.9. The van der Waals surface area contributed by atoms with E-state index in [-0.39, 0.29) is 0 Å². The van der Waals surface area contributed by atoms with Crippen molar-refractivity contribution < 1.29 is 13.2 Å². The van der Waals surface area contributed by atoms with E-state index < -0.39 is 11.7 Å². The normalized spacial score (nSPS) is 11.6. The Labute approximate surface area is 119 Å². The van der Waals surface area contributed by atoms with Gasteiger partial charge >= 0.3 is 6.18 Å². The van der Waals surface area contributed by atoms with Gasteiger partial charge < -0.3 is 0 Å². The minimum Gasteiger partial charge on any atom is -0.285 e. The molecule has 1 heterocycles. The molecule has 5 heteroatoms. The Morgan fingerprint density at radius 1 is 0.810 bits per heavy atom. The molecular formula is C16H11F3N2. The summed E-state index contributed by atoms with van der Waals surface area (Å²) < 4.78 is 37.8. The molecule has 0 aliphatic heterocycles. The molecule has 0 aliphatic rings. The van der Waals surface area contributed by atoms with Crippen LogP contribution >= 0.6 is 0 Å². The molecule has 2 nitrogen and oxygen atoms in total. The summed E-state index contributed by atoms with van der Waals surface area (Å²) in [5.74, 6) is 0. The molecule has 3 aromatic rings. The van der Waals surface area contributed by atoms with Gasteiger partial charge in [-0.1, -0.05) is 36.4 Å². The highest BCUT2D eigenvalue weighted by Crippen LogP contribution is 2.34. The molecule has 2 aromatic carbocycles. The van der Waals surface area contributed by atoms with Crippen LogP contribution in [0.3, 0.4) is 0 Å². The lowest BCUT2D eigenvalue weighted by Crippen LogP contribution is -2.04. The monoisotopic (exact) mass is 288 g/mol. The maximum atomic E-state index is 12.6. The molecule has 1 aromatic heterocycles. The molecule has 0 saturated heterocycles. The van der Waals surface area contributed by atoms with Gasteiger partial charge in [-0.2, -0.15) is 18.3 Å². The van der Waals surface area contributed by atoms with Crippen molar-refractivity contribution >= 4 is 0 Å². The van der Waals surface area contributed by atoms with Crippen LogP contribution < -0.4 is 0 Å². The van der Waals surface area contributed by atoms with E-state index in [1.807, 2.05) is 24.3 Å². The molecule has 0 fully saturated rings. The van der Waals surface area contributed by atoms with Gasteiger partial charge in [0.05, 0.1) is 11.8 Å². The predicted molar refractivity (Wildman–Crippen MR) is 74.5 cm³/mol. The Kier molecular flexibility index (Phi) is 3.25. The first-order valence-corrected chi connectivity index (χ1v) is 6.31. The van der Waals surface area contributed by atoms with Gasteiger partial charge in [-0.3, -0.25) is 5.10 Å². The van der Waals surface area contributed by atoms with Crippen LogP contribution in [0, 0.1) is 0 Å². The minimum absolute atomic E-state index is 0.646. The van der Waals surface area contributed by atoms with Gasteiger partial charge in [0.2, 0.25) is 0 Å². The van der Waals surface area contributed by atoms with Gasteiger partial charge in [-0.25, -0.2) is 0 Å². The third kappa shape index (κ3) is 2.67. The largest absolute Gasteiger partial charge is 0.416 e. The average Bonchev–Trinajstić information content (AvgIpc) is 3.01. The lowest BCUT2D eigenvalue weighted by Gasteiger charge is -2.10. The van der Waals surface area contributed by atoms with Crippen molar-refractivity contribution in [1.29, 1.82) is 0 Å². The quantitative estimate of drug-likeness (QED) is 0.723. The second-order valence-electron chi connectivity index (χ2n) is 4.61. The van der Waals surface area contributed by atoms with E-state index in [0.717, 1.165) is 34.4 Å². The first-order valence-electron chi connectivity index (χ1n) is 6.31. The fourth-order valence-corrected chi connectivity index (χ4v) is 2.22. The summed E-state index contributed by atoms with van der Waals surface area (Å²) in [7, 11) is 0. The lowest BCUT2D eigenvalue weighted by atomic mass is 9.96. The standard InChI is InChI=1S/C16H11F3N2/c17-16(18,19)13-7-5-11(6-8-13)14-3-1-2-4-15(14)12-9-20-21-10-12/h1-10H,(H,20,21). The Bertz CT molecular complexity index is 729. The Morgan fingerprint density at radius 3 is 1.95 bits per heavy atom. The number of rotatable bonds is 2. The number of aromatic nitrogens is 2. The third-order valence-corrected chi connectivity index (χ3v) is 3.26. The van der Waals surface area contributed by atoms with Crippen molar-refractivity contribution in [1.82, 2.24) is 10.2 Å². The maximum absolute atomic E-state index is 12.6. The molecule has 0 amide bonds. The van der Waals surface area contributed by atoms with Crippen molar-refractivity contribution in [3.8, 4) is 22.3 Å². The van der Waals surface area contributed by atoms with Gasteiger partial charge in [0.25, 0.3) is 0 Å². The smallest absolute Gasteiger partial charge is 0.285 e. The molecule has 0 bridgehead atoms. The van der Waals surface area contributed by atoms with Gasteiger partial charge in [-0.05, 0) is 28.8 Å². The summed E-state index contributed by atoms with van der Waals surface area (Å²) in [6.45, 7) is 0. The number of benzene rings is 2. The Morgan fingerprint density at radius 2 is 1.43 bits per heavy atom. The van der Waals surface area contributed by atoms with Crippen molar-refractivity contribution in [3.05, 3.63) is 66.5 Å². The van der Waals surface area contributed by atoms with Crippen molar-refractivity contribution in [2.45, 2.75) is 6.18 Å². The third-order valence-electron chi connectivity index (χ3n) is 3.26. The lowest BCUT2D eigenvalue weighted by molar-refractivity contribution is -0.137. The van der Waals surface area contributed by atoms with Crippen LogP contribution in [0.25, 0.3) is 22.3 Å². The first-order chi connectivity index (χ1) is 10.1. The van der Waals surface area contributed by atoms with Crippen LogP contribution in [0.1, 0.15) is 5.56 Å². The minimum atomic E-state index is -4.32. The van der Waals surface area contributed by atoms with E-state index in [2.05, 4.69) is 10.2 Å². The summed E-state index contributed by atoms with van der Waals surface area (Å²) in [5.41, 5.74) is 2.77. The van der Waals surface area contributed by atoms with E-state index >= 15 is 0 Å². The molecule has 21 heavy (non-hydrogen) atoms. The maximum Gasteiger partial charge on any atom is 0.416 e. The molecule has 0 unspecified atom stereocenters. The number of hydrogen-bond acceptors (Lipinski definition) is 1. The number of alkyl halides is 3. The van der Waals surface area contributed by atoms with Crippen LogP contribution in [-0.2, 0) is 6.18 Å². The second-order valence-corrected chi connectivity index (χ2v) is 4.61. The summed E-state index contributed by atoms with van der Waals surface area (Å²) >= 11 is 0. The van der Waals surface area contributed by atoms with Gasteiger partial charge in [0.1, 0.15) is 0 Å². The topological polar surface area (TPSA) is 28.7 Å². The van der Waals surface area contributed by atoms with E-state index in [4.69, 9.17) is 0 Å². The predicted octanol–water partition coefficient (Wildman–Crippen LogP) is 4.76. The fourth-order valence-electron chi connectivity index (χ4n) is 2.22. The first kappa shape index (κ1) is 13.4. The number of aromatic amines is 1. The van der Waals surface area contributed by atoms with Crippen LogP contribution in [0.15, 0.2) is 60.9 Å². The Balaban J connectivity index is 2.06. The number of H-pyrrole nitrogens is 1. The van der Waals surface area contributed by atoms with Crippen LogP contribution in [0.5, 0.6) is 0 Å². The molecule has 0 aliphatic carbocycles. The number of hydrogen-bond donors (Lipinski definition) is 1. The number of halogens is 3. The molecule has 1 N–H and O–H groups in total. The van der Waals surface area contributed by atoms with Crippen molar-refractivity contribution in [3.63, 3.8) is 0 Å². The van der Waals surface area contributed by atoms with E-state index in [9.17, 15) is 13.2 Å². The molecule has 0 atom stereocenters. The van der Waals surface area contributed by atoms with Gasteiger partial charge in [-0.15, -0.1) is 0 Å². The van der Waals surface area contributed by atoms with Crippen molar-refractivity contribution in [2.24, 2.45) is 0 Å². The van der Waals surface area contributed by atoms with E-state index in [1.54, 1.807) is 12.4 Å². The Hall–Kier alpha value is -2.56. The van der Waals surface area contributed by atoms with Gasteiger partial charge in [0, 0.05) is 11.8 Å². The fraction of sp³-hybridized carbons (Fsp3) is 0.0625. The van der Waals surface area contributed by atoms with Crippen molar-refractivity contribution in [2.75, 3.05) is 0 Å². The summed E-state index contributed by atoms with van der Waals surface area (Å²) in [4.78, 5) is 0. The second kappa shape index (κ2) is 5.09. The van der Waals surface area contributed by atoms with E-state index in [0.29, 0.717) is 0 Å². The highest BCUT2D eigenvalue weighted by molar-refractivity contribution is 5.82. The summed E-state index contributed by atoms with van der Waals surface area (Å²) in [6.07, 6.45) is -0.881. The molecule has 0 spiro atoms. The zero-order valence-corrected chi connectivity index (χ0v) is 10.9. The molecule has 0 saturated carbocycles. The van der Waals surface area contributed by atoms with Crippen LogP contribution in [0.2, 0.25) is 0 Å². The number of nitrogens with one attached hydrogen (secondary N) is 1. The highest BCUT2D eigenvalue weighted by atomic mass is 19.4. The molecule has 3 rings (SSSR count). The summed E-state index contributed by atoms with van der Waals surface area (Å²) in [5, 5.41) is 6.64.